The molecule has 3 rings (SSSR count). The Hall–Kier alpha value is -1.69. The Morgan fingerprint density at radius 1 is 1.22 bits per heavy atom. The molecule has 0 N–H and O–H groups in total. The Bertz CT molecular complexity index is 793. The van der Waals surface area contributed by atoms with Crippen LogP contribution in [0.5, 0.6) is 0 Å². The molecule has 0 amide bonds. The number of aromatic nitrogens is 3. The summed E-state index contributed by atoms with van der Waals surface area (Å²) in [6, 6.07) is 9.98. The number of rotatable bonds is 5. The highest BCUT2D eigenvalue weighted by Crippen LogP contribution is 2.30. The molecule has 120 valence electrons. The molecule has 0 aliphatic heterocycles. The van der Waals surface area contributed by atoms with Crippen molar-refractivity contribution in [1.82, 2.24) is 19.7 Å². The van der Waals surface area contributed by atoms with Gasteiger partial charge in [-0.15, -0.1) is 16.4 Å². The predicted octanol–water partition coefficient (Wildman–Crippen LogP) is 4.20. The highest BCUT2D eigenvalue weighted by atomic mass is 35.5. The minimum Gasteiger partial charge on any atom is -0.308 e. The van der Waals surface area contributed by atoms with Crippen LogP contribution in [0.15, 0.2) is 35.7 Å². The zero-order valence-corrected chi connectivity index (χ0v) is 15.0. The molecular formula is C17H19ClN4S. The summed E-state index contributed by atoms with van der Waals surface area (Å²) in [6.07, 6.45) is 0. The topological polar surface area (TPSA) is 34.0 Å². The number of hydrogen-bond acceptors (Lipinski definition) is 4. The summed E-state index contributed by atoms with van der Waals surface area (Å²) in [5.41, 5.74) is 2.07. The SMILES string of the molecule is Cc1c(Cl)cccc1-c1nc(-c2cccs2)nn1CCN(C)C. The zero-order valence-electron chi connectivity index (χ0n) is 13.5. The predicted molar refractivity (Wildman–Crippen MR) is 97.1 cm³/mol. The third-order valence-electron chi connectivity index (χ3n) is 3.68. The highest BCUT2D eigenvalue weighted by molar-refractivity contribution is 7.13. The molecule has 1 aromatic carbocycles. The Labute approximate surface area is 145 Å². The fraction of sp³-hybridized carbons (Fsp3) is 0.294. The Morgan fingerprint density at radius 3 is 2.74 bits per heavy atom. The van der Waals surface area contributed by atoms with Crippen LogP contribution >= 0.6 is 22.9 Å². The second-order valence-corrected chi connectivity index (χ2v) is 7.03. The van der Waals surface area contributed by atoms with E-state index < -0.39 is 0 Å². The van der Waals surface area contributed by atoms with E-state index >= 15 is 0 Å². The van der Waals surface area contributed by atoms with E-state index in [0.717, 1.165) is 45.8 Å². The summed E-state index contributed by atoms with van der Waals surface area (Å²) in [5.74, 6) is 1.64. The van der Waals surface area contributed by atoms with Crippen molar-refractivity contribution in [3.8, 4) is 22.1 Å². The maximum absolute atomic E-state index is 6.29. The second-order valence-electron chi connectivity index (χ2n) is 5.68. The Balaban J connectivity index is 2.08. The van der Waals surface area contributed by atoms with Crippen LogP contribution in [0.2, 0.25) is 5.02 Å². The first-order valence-corrected chi connectivity index (χ1v) is 8.71. The lowest BCUT2D eigenvalue weighted by molar-refractivity contribution is 0.374. The number of likely N-dealkylation sites (N-methyl/N-ethyl adjacent to an activating group) is 1. The van der Waals surface area contributed by atoms with Crippen molar-refractivity contribution in [2.75, 3.05) is 20.6 Å². The van der Waals surface area contributed by atoms with Gasteiger partial charge in [-0.25, -0.2) is 9.67 Å². The third kappa shape index (κ3) is 3.47. The monoisotopic (exact) mass is 346 g/mol. The summed E-state index contributed by atoms with van der Waals surface area (Å²) >= 11 is 7.94. The zero-order chi connectivity index (χ0) is 16.4. The first-order chi connectivity index (χ1) is 11.1. The summed E-state index contributed by atoms with van der Waals surface area (Å²) in [5, 5.41) is 7.51. The van der Waals surface area contributed by atoms with E-state index in [1.165, 1.54) is 0 Å². The fourth-order valence-electron chi connectivity index (χ4n) is 2.35. The van der Waals surface area contributed by atoms with Crippen LogP contribution in [0, 0.1) is 6.92 Å². The molecule has 23 heavy (non-hydrogen) atoms. The van der Waals surface area contributed by atoms with E-state index in [0.29, 0.717) is 0 Å². The maximum atomic E-state index is 6.29. The molecule has 0 radical (unpaired) electrons. The molecule has 2 heterocycles. The molecule has 6 heteroatoms. The first-order valence-electron chi connectivity index (χ1n) is 7.45. The van der Waals surface area contributed by atoms with Gasteiger partial charge in [-0.1, -0.05) is 29.8 Å². The molecule has 0 saturated carbocycles. The van der Waals surface area contributed by atoms with Gasteiger partial charge in [-0.2, -0.15) is 0 Å². The van der Waals surface area contributed by atoms with Crippen LogP contribution in [0.25, 0.3) is 22.1 Å². The molecule has 0 aliphatic carbocycles. The van der Waals surface area contributed by atoms with Crippen LogP contribution in [-0.4, -0.2) is 40.3 Å². The van der Waals surface area contributed by atoms with Crippen molar-refractivity contribution in [2.45, 2.75) is 13.5 Å². The third-order valence-corrected chi connectivity index (χ3v) is 4.96. The molecule has 0 atom stereocenters. The van der Waals surface area contributed by atoms with Gasteiger partial charge in [-0.05, 0) is 44.1 Å². The minimum absolute atomic E-state index is 0.752. The number of halogens is 1. The average molecular weight is 347 g/mol. The van der Waals surface area contributed by atoms with E-state index in [4.69, 9.17) is 21.7 Å². The normalized spacial score (nSPS) is 11.3. The Kier molecular flexibility index (Phi) is 4.80. The second kappa shape index (κ2) is 6.83. The van der Waals surface area contributed by atoms with Crippen molar-refractivity contribution in [3.63, 3.8) is 0 Å². The van der Waals surface area contributed by atoms with Crippen molar-refractivity contribution < 1.29 is 0 Å². The molecule has 0 unspecified atom stereocenters. The van der Waals surface area contributed by atoms with Gasteiger partial charge < -0.3 is 4.90 Å². The van der Waals surface area contributed by atoms with Gasteiger partial charge in [-0.3, -0.25) is 0 Å². The van der Waals surface area contributed by atoms with Crippen molar-refractivity contribution in [2.24, 2.45) is 0 Å². The van der Waals surface area contributed by atoms with Gasteiger partial charge in [0.25, 0.3) is 0 Å². The molecule has 0 spiro atoms. The van der Waals surface area contributed by atoms with Gasteiger partial charge in [0, 0.05) is 17.1 Å². The number of thiophene rings is 1. The molecule has 2 aromatic heterocycles. The average Bonchev–Trinajstić information content (AvgIpc) is 3.16. The summed E-state index contributed by atoms with van der Waals surface area (Å²) in [4.78, 5) is 8.01. The van der Waals surface area contributed by atoms with E-state index in [1.54, 1.807) is 11.3 Å². The largest absolute Gasteiger partial charge is 0.308 e. The molecule has 3 aromatic rings. The van der Waals surface area contributed by atoms with Crippen LogP contribution in [0.3, 0.4) is 0 Å². The number of benzene rings is 1. The van der Waals surface area contributed by atoms with E-state index in [2.05, 4.69) is 25.1 Å². The lowest BCUT2D eigenvalue weighted by Gasteiger charge is -2.12. The highest BCUT2D eigenvalue weighted by Gasteiger charge is 2.16. The van der Waals surface area contributed by atoms with E-state index in [-0.39, 0.29) is 0 Å². The number of hydrogen-bond donors (Lipinski definition) is 0. The first kappa shape index (κ1) is 16.2. The molecule has 4 nitrogen and oxygen atoms in total. The van der Waals surface area contributed by atoms with Crippen LogP contribution in [0.1, 0.15) is 5.56 Å². The Morgan fingerprint density at radius 2 is 2.04 bits per heavy atom. The van der Waals surface area contributed by atoms with Crippen molar-refractivity contribution in [3.05, 3.63) is 46.3 Å². The van der Waals surface area contributed by atoms with Crippen molar-refractivity contribution >= 4 is 22.9 Å². The minimum atomic E-state index is 0.752. The van der Waals surface area contributed by atoms with Crippen LogP contribution < -0.4 is 0 Å². The standard InChI is InChI=1S/C17H19ClN4S/c1-12-13(6-4-7-14(12)18)17-19-16(15-8-5-11-23-15)20-22(17)10-9-21(2)3/h4-8,11H,9-10H2,1-3H3. The molecule has 0 saturated heterocycles. The summed E-state index contributed by atoms with van der Waals surface area (Å²) < 4.78 is 1.98. The van der Waals surface area contributed by atoms with E-state index in [9.17, 15) is 0 Å². The van der Waals surface area contributed by atoms with Gasteiger partial charge in [0.05, 0.1) is 11.4 Å². The molecule has 0 fully saturated rings. The van der Waals surface area contributed by atoms with Crippen LogP contribution in [-0.2, 0) is 6.54 Å². The van der Waals surface area contributed by atoms with Gasteiger partial charge in [0.15, 0.2) is 11.6 Å². The molecule has 0 bridgehead atoms. The van der Waals surface area contributed by atoms with Crippen molar-refractivity contribution in [1.29, 1.82) is 0 Å². The van der Waals surface area contributed by atoms with Gasteiger partial charge >= 0.3 is 0 Å². The smallest absolute Gasteiger partial charge is 0.191 e. The lowest BCUT2D eigenvalue weighted by atomic mass is 10.1. The molecule has 0 aliphatic rings. The maximum Gasteiger partial charge on any atom is 0.191 e. The van der Waals surface area contributed by atoms with E-state index in [1.807, 2.05) is 41.3 Å². The lowest BCUT2D eigenvalue weighted by Crippen LogP contribution is -2.19. The quantitative estimate of drug-likeness (QED) is 0.694. The fourth-order valence-corrected chi connectivity index (χ4v) is 3.18. The van der Waals surface area contributed by atoms with Gasteiger partial charge in [0.1, 0.15) is 0 Å². The summed E-state index contributed by atoms with van der Waals surface area (Å²) in [6.45, 7) is 3.71. The summed E-state index contributed by atoms with van der Waals surface area (Å²) in [7, 11) is 4.11. The number of nitrogens with zero attached hydrogens (tertiary/aromatic N) is 4. The molecular weight excluding hydrogens is 328 g/mol. The van der Waals surface area contributed by atoms with Crippen LogP contribution in [0.4, 0.5) is 0 Å². The van der Waals surface area contributed by atoms with Gasteiger partial charge in [0.2, 0.25) is 0 Å².